The van der Waals surface area contributed by atoms with Gasteiger partial charge in [-0.05, 0) is 68.6 Å². The minimum absolute atomic E-state index is 0.130. The maximum atomic E-state index is 14.2. The molecule has 1 aromatic rings. The summed E-state index contributed by atoms with van der Waals surface area (Å²) in [6.07, 6.45) is 16.2. The van der Waals surface area contributed by atoms with E-state index in [4.69, 9.17) is 4.74 Å². The average molecular weight is 546 g/mol. The van der Waals surface area contributed by atoms with Crippen molar-refractivity contribution in [3.8, 4) is 0 Å². The first kappa shape index (κ1) is 27.3. The Hall–Kier alpha value is -2.93. The lowest BCUT2D eigenvalue weighted by Crippen LogP contribution is -2.56. The summed E-state index contributed by atoms with van der Waals surface area (Å²) in [5, 5.41) is 6.32. The highest BCUT2D eigenvalue weighted by atomic mass is 16.5. The molecule has 7 heteroatoms. The third-order valence-corrected chi connectivity index (χ3v) is 9.78. The van der Waals surface area contributed by atoms with Gasteiger partial charge in [-0.2, -0.15) is 0 Å². The molecule has 1 saturated carbocycles. The number of nitrogens with zero attached hydrogens (tertiary/aromatic N) is 1. The van der Waals surface area contributed by atoms with Crippen LogP contribution in [0, 0.1) is 11.8 Å². The number of likely N-dealkylation sites (tertiary alicyclic amines) is 1. The standard InChI is InChI=1S/C33H43N3O4/c1-21(2)23-13-15-25(16-14-23)34-30(37)27-26-17-19-33(40-26)28(27)32(39)36(20-18-22-9-5-3-6-10-22)29(33)31(38)35-24-11-7-4-8-12-24/h9,13-17,19,21,24,26-29H,3-8,10-12,18,20H2,1-2H3,(H,34,37)(H,35,38)/t26-,27+,28-,29+,33-/m1/s1. The lowest BCUT2D eigenvalue weighted by atomic mass is 9.74. The first-order valence-corrected chi connectivity index (χ1v) is 15.4. The van der Waals surface area contributed by atoms with E-state index in [1.165, 1.54) is 30.4 Å². The van der Waals surface area contributed by atoms with Gasteiger partial charge in [-0.25, -0.2) is 0 Å². The highest BCUT2D eigenvalue weighted by molar-refractivity contribution is 6.02. The zero-order valence-corrected chi connectivity index (χ0v) is 23.9. The second kappa shape index (κ2) is 11.2. The largest absolute Gasteiger partial charge is 0.359 e. The summed E-state index contributed by atoms with van der Waals surface area (Å²) in [5.41, 5.74) is 2.16. The molecule has 2 N–H and O–H groups in total. The van der Waals surface area contributed by atoms with Crippen LogP contribution in [0.3, 0.4) is 0 Å². The van der Waals surface area contributed by atoms with Gasteiger partial charge in [0.15, 0.2) is 0 Å². The summed E-state index contributed by atoms with van der Waals surface area (Å²) in [4.78, 5) is 43.6. The lowest BCUT2D eigenvalue weighted by molar-refractivity contribution is -0.141. The minimum atomic E-state index is -1.11. The van der Waals surface area contributed by atoms with E-state index in [1.54, 1.807) is 4.90 Å². The second-order valence-corrected chi connectivity index (χ2v) is 12.7. The number of carbonyl (C=O) groups excluding carboxylic acids is 3. The molecule has 3 aliphatic heterocycles. The van der Waals surface area contributed by atoms with Gasteiger partial charge in [-0.15, -0.1) is 0 Å². The Labute approximate surface area is 237 Å². The highest BCUT2D eigenvalue weighted by Crippen LogP contribution is 2.55. The zero-order valence-electron chi connectivity index (χ0n) is 23.9. The number of carbonyl (C=O) groups is 3. The second-order valence-electron chi connectivity index (χ2n) is 12.7. The smallest absolute Gasteiger partial charge is 0.246 e. The van der Waals surface area contributed by atoms with Crippen LogP contribution in [-0.2, 0) is 19.1 Å². The van der Waals surface area contributed by atoms with Crippen molar-refractivity contribution in [2.75, 3.05) is 11.9 Å². The molecule has 0 unspecified atom stereocenters. The Kier molecular flexibility index (Phi) is 7.60. The van der Waals surface area contributed by atoms with Crippen LogP contribution in [-0.4, -0.2) is 53.0 Å². The number of hydrogen-bond donors (Lipinski definition) is 2. The fourth-order valence-corrected chi connectivity index (χ4v) is 7.61. The molecule has 3 heterocycles. The summed E-state index contributed by atoms with van der Waals surface area (Å²) in [7, 11) is 0. The third kappa shape index (κ3) is 4.91. The highest BCUT2D eigenvalue weighted by Gasteiger charge is 2.72. The van der Waals surface area contributed by atoms with E-state index >= 15 is 0 Å². The van der Waals surface area contributed by atoms with Crippen molar-refractivity contribution in [1.29, 1.82) is 0 Å². The van der Waals surface area contributed by atoms with E-state index < -0.39 is 29.6 Å². The Bertz CT molecular complexity index is 1200. The Balaban J connectivity index is 1.26. The zero-order chi connectivity index (χ0) is 27.9. The van der Waals surface area contributed by atoms with Gasteiger partial charge < -0.3 is 20.3 Å². The molecule has 6 rings (SSSR count). The van der Waals surface area contributed by atoms with Crippen LogP contribution in [0.15, 0.2) is 48.1 Å². The SMILES string of the molecule is CC(C)c1ccc(NC(=O)[C@H]2[C@H]3C=C[C@]4(O3)[C@H](C(=O)NC3CCCCC3)N(CCC3=CCCCC3)C(=O)[C@@H]24)cc1. The van der Waals surface area contributed by atoms with E-state index in [-0.39, 0.29) is 23.8 Å². The summed E-state index contributed by atoms with van der Waals surface area (Å²) >= 11 is 0. The predicted molar refractivity (Wildman–Crippen MR) is 155 cm³/mol. The van der Waals surface area contributed by atoms with Gasteiger partial charge in [-0.1, -0.05) is 69.0 Å². The summed E-state index contributed by atoms with van der Waals surface area (Å²) < 4.78 is 6.51. The van der Waals surface area contributed by atoms with Crippen molar-refractivity contribution in [1.82, 2.24) is 10.2 Å². The van der Waals surface area contributed by atoms with Gasteiger partial charge in [0.2, 0.25) is 17.7 Å². The van der Waals surface area contributed by atoms with E-state index in [0.717, 1.165) is 44.9 Å². The number of benzene rings is 1. The molecule has 5 atom stereocenters. The number of fused-ring (bicyclic) bond motifs is 1. The van der Waals surface area contributed by atoms with Crippen LogP contribution in [0.25, 0.3) is 0 Å². The maximum Gasteiger partial charge on any atom is 0.246 e. The van der Waals surface area contributed by atoms with Crippen LogP contribution in [0.4, 0.5) is 5.69 Å². The first-order chi connectivity index (χ1) is 19.4. The molecule has 5 aliphatic rings. The molecule has 1 spiro atoms. The van der Waals surface area contributed by atoms with Crippen molar-refractivity contribution in [3.05, 3.63) is 53.6 Å². The number of anilines is 1. The minimum Gasteiger partial charge on any atom is -0.359 e. The van der Waals surface area contributed by atoms with E-state index in [2.05, 4.69) is 30.6 Å². The Morgan fingerprint density at radius 2 is 1.82 bits per heavy atom. The number of amides is 3. The van der Waals surface area contributed by atoms with Crippen LogP contribution >= 0.6 is 0 Å². The van der Waals surface area contributed by atoms with Crippen LogP contribution in [0.2, 0.25) is 0 Å². The molecule has 7 nitrogen and oxygen atoms in total. The molecule has 0 aromatic heterocycles. The molecular weight excluding hydrogens is 502 g/mol. The fourth-order valence-electron chi connectivity index (χ4n) is 7.61. The van der Waals surface area contributed by atoms with Gasteiger partial charge in [-0.3, -0.25) is 14.4 Å². The predicted octanol–water partition coefficient (Wildman–Crippen LogP) is 5.24. The first-order valence-electron chi connectivity index (χ1n) is 15.4. The van der Waals surface area contributed by atoms with Crippen LogP contribution in [0.1, 0.15) is 89.5 Å². The number of rotatable bonds is 8. The van der Waals surface area contributed by atoms with Gasteiger partial charge in [0, 0.05) is 18.3 Å². The average Bonchev–Trinajstić information content (AvgIpc) is 3.60. The van der Waals surface area contributed by atoms with E-state index in [1.807, 2.05) is 36.4 Å². The monoisotopic (exact) mass is 545 g/mol. The number of allylic oxidation sites excluding steroid dienone is 1. The van der Waals surface area contributed by atoms with Crippen molar-refractivity contribution >= 4 is 23.4 Å². The van der Waals surface area contributed by atoms with Crippen LogP contribution in [0.5, 0.6) is 0 Å². The number of nitrogens with one attached hydrogen (secondary N) is 2. The number of hydrogen-bond acceptors (Lipinski definition) is 4. The van der Waals surface area contributed by atoms with Gasteiger partial charge in [0.25, 0.3) is 0 Å². The molecule has 214 valence electrons. The molecule has 2 saturated heterocycles. The molecule has 2 bridgehead atoms. The van der Waals surface area contributed by atoms with Gasteiger partial charge in [0.1, 0.15) is 11.6 Å². The van der Waals surface area contributed by atoms with E-state index in [9.17, 15) is 14.4 Å². The van der Waals surface area contributed by atoms with Crippen molar-refractivity contribution < 1.29 is 19.1 Å². The Morgan fingerprint density at radius 3 is 2.52 bits per heavy atom. The molecule has 3 fully saturated rings. The quantitative estimate of drug-likeness (QED) is 0.438. The molecule has 1 aromatic carbocycles. The molecule has 2 aliphatic carbocycles. The topological polar surface area (TPSA) is 87.7 Å². The third-order valence-electron chi connectivity index (χ3n) is 9.78. The normalized spacial score (nSPS) is 31.4. The number of ether oxygens (including phenoxy) is 1. The molecule has 40 heavy (non-hydrogen) atoms. The molecule has 3 amide bonds. The van der Waals surface area contributed by atoms with Crippen molar-refractivity contribution in [3.63, 3.8) is 0 Å². The van der Waals surface area contributed by atoms with Crippen LogP contribution < -0.4 is 10.6 Å². The van der Waals surface area contributed by atoms with Gasteiger partial charge >= 0.3 is 0 Å². The van der Waals surface area contributed by atoms with E-state index in [0.29, 0.717) is 18.2 Å². The van der Waals surface area contributed by atoms with Crippen molar-refractivity contribution in [2.45, 2.75) is 108 Å². The maximum absolute atomic E-state index is 14.2. The summed E-state index contributed by atoms with van der Waals surface area (Å²) in [6.45, 7) is 4.74. The molecule has 0 radical (unpaired) electrons. The molecular formula is C33H43N3O4. The summed E-state index contributed by atoms with van der Waals surface area (Å²) in [6, 6.07) is 7.23. The Morgan fingerprint density at radius 1 is 1.05 bits per heavy atom. The summed E-state index contributed by atoms with van der Waals surface area (Å²) in [5.74, 6) is -1.49. The fraction of sp³-hybridized carbons (Fsp3) is 0.606. The lowest BCUT2D eigenvalue weighted by Gasteiger charge is -2.34. The van der Waals surface area contributed by atoms with Crippen molar-refractivity contribution in [2.24, 2.45) is 11.8 Å². The van der Waals surface area contributed by atoms with Gasteiger partial charge in [0.05, 0.1) is 17.9 Å².